The van der Waals surface area contributed by atoms with Crippen molar-refractivity contribution in [2.75, 3.05) is 19.8 Å². The number of benzene rings is 1. The molecule has 130 valence electrons. The molecule has 1 N–H and O–H groups in total. The van der Waals surface area contributed by atoms with E-state index in [9.17, 15) is 4.79 Å². The molecule has 2 aromatic heterocycles. The Morgan fingerprint density at radius 1 is 1.24 bits per heavy atom. The quantitative estimate of drug-likeness (QED) is 0.658. The molecule has 1 fully saturated rings. The van der Waals surface area contributed by atoms with Crippen LogP contribution in [-0.4, -0.2) is 24.8 Å². The second kappa shape index (κ2) is 7.32. The third kappa shape index (κ3) is 3.38. The van der Waals surface area contributed by atoms with E-state index in [0.29, 0.717) is 23.8 Å². The van der Waals surface area contributed by atoms with Crippen LogP contribution >= 0.6 is 27.3 Å². The van der Waals surface area contributed by atoms with Crippen molar-refractivity contribution in [2.45, 2.75) is 12.8 Å². The SMILES string of the molecule is O=c1[nH]c2c(Br)cccc2c(OCC2CCOCC2)c1-c1cccs1. The summed E-state index contributed by atoms with van der Waals surface area (Å²) in [5.74, 6) is 1.14. The number of aromatic amines is 1. The lowest BCUT2D eigenvalue weighted by atomic mass is 10.0. The zero-order valence-electron chi connectivity index (χ0n) is 13.6. The fraction of sp³-hybridized carbons (Fsp3) is 0.316. The Morgan fingerprint density at radius 2 is 2.08 bits per heavy atom. The molecule has 4 nitrogen and oxygen atoms in total. The lowest BCUT2D eigenvalue weighted by Gasteiger charge is -2.23. The molecule has 1 aliphatic rings. The van der Waals surface area contributed by atoms with Crippen LogP contribution in [0, 0.1) is 5.92 Å². The molecule has 0 radical (unpaired) electrons. The maximum absolute atomic E-state index is 12.8. The smallest absolute Gasteiger partial charge is 0.260 e. The van der Waals surface area contributed by atoms with Gasteiger partial charge in [-0.25, -0.2) is 0 Å². The predicted molar refractivity (Wildman–Crippen MR) is 105 cm³/mol. The zero-order valence-corrected chi connectivity index (χ0v) is 16.0. The van der Waals surface area contributed by atoms with E-state index >= 15 is 0 Å². The largest absolute Gasteiger partial charge is 0.492 e. The molecule has 3 heterocycles. The first-order valence-corrected chi connectivity index (χ1v) is 10.00. The van der Waals surface area contributed by atoms with Gasteiger partial charge in [-0.2, -0.15) is 0 Å². The number of para-hydroxylation sites is 1. The van der Waals surface area contributed by atoms with Gasteiger partial charge in [0.2, 0.25) is 0 Å². The van der Waals surface area contributed by atoms with Gasteiger partial charge in [0.25, 0.3) is 5.56 Å². The second-order valence-electron chi connectivity index (χ2n) is 6.16. The molecular formula is C19H18BrNO3S. The highest BCUT2D eigenvalue weighted by Crippen LogP contribution is 2.37. The number of halogens is 1. The molecule has 1 saturated heterocycles. The van der Waals surface area contributed by atoms with Crippen molar-refractivity contribution in [3.63, 3.8) is 0 Å². The summed E-state index contributed by atoms with van der Waals surface area (Å²) in [5, 5.41) is 2.90. The average Bonchev–Trinajstić information content (AvgIpc) is 3.15. The first-order valence-electron chi connectivity index (χ1n) is 8.33. The summed E-state index contributed by atoms with van der Waals surface area (Å²) in [5.41, 5.74) is 1.27. The van der Waals surface area contributed by atoms with E-state index in [1.54, 1.807) is 11.3 Å². The number of aromatic nitrogens is 1. The van der Waals surface area contributed by atoms with Gasteiger partial charge in [-0.1, -0.05) is 12.1 Å². The van der Waals surface area contributed by atoms with Crippen molar-refractivity contribution in [2.24, 2.45) is 5.92 Å². The Morgan fingerprint density at radius 3 is 2.84 bits per heavy atom. The van der Waals surface area contributed by atoms with Gasteiger partial charge in [0, 0.05) is 27.9 Å². The van der Waals surface area contributed by atoms with E-state index in [1.165, 1.54) is 0 Å². The normalized spacial score (nSPS) is 15.6. The van der Waals surface area contributed by atoms with E-state index < -0.39 is 0 Å². The third-order valence-corrected chi connectivity index (χ3v) is 6.07. The van der Waals surface area contributed by atoms with Crippen molar-refractivity contribution in [3.8, 4) is 16.2 Å². The highest BCUT2D eigenvalue weighted by Gasteiger charge is 2.20. The van der Waals surface area contributed by atoms with Gasteiger partial charge in [0.05, 0.1) is 17.7 Å². The molecule has 1 aliphatic heterocycles. The molecule has 0 bridgehead atoms. The van der Waals surface area contributed by atoms with Crippen LogP contribution in [0.4, 0.5) is 0 Å². The fourth-order valence-corrected chi connectivity index (χ4v) is 4.39. The van der Waals surface area contributed by atoms with E-state index in [4.69, 9.17) is 9.47 Å². The van der Waals surface area contributed by atoms with Gasteiger partial charge in [-0.05, 0) is 58.3 Å². The summed E-state index contributed by atoms with van der Waals surface area (Å²) in [6.07, 6.45) is 2.00. The van der Waals surface area contributed by atoms with Crippen molar-refractivity contribution in [1.82, 2.24) is 4.98 Å². The van der Waals surface area contributed by atoms with Crippen LogP contribution in [0.2, 0.25) is 0 Å². The number of nitrogens with one attached hydrogen (secondary N) is 1. The van der Waals surface area contributed by atoms with Crippen LogP contribution in [0.3, 0.4) is 0 Å². The van der Waals surface area contributed by atoms with Gasteiger partial charge >= 0.3 is 0 Å². The summed E-state index contributed by atoms with van der Waals surface area (Å²) < 4.78 is 12.5. The fourth-order valence-electron chi connectivity index (χ4n) is 3.16. The lowest BCUT2D eigenvalue weighted by Crippen LogP contribution is -2.22. The number of hydrogen-bond donors (Lipinski definition) is 1. The highest BCUT2D eigenvalue weighted by atomic mass is 79.9. The number of rotatable bonds is 4. The maximum atomic E-state index is 12.8. The number of fused-ring (bicyclic) bond motifs is 1. The second-order valence-corrected chi connectivity index (χ2v) is 7.97. The van der Waals surface area contributed by atoms with Crippen LogP contribution in [0.15, 0.2) is 45.0 Å². The molecule has 25 heavy (non-hydrogen) atoms. The van der Waals surface area contributed by atoms with Gasteiger partial charge in [0.15, 0.2) is 0 Å². The van der Waals surface area contributed by atoms with Crippen LogP contribution < -0.4 is 10.3 Å². The first-order chi connectivity index (χ1) is 12.2. The third-order valence-electron chi connectivity index (χ3n) is 4.52. The Labute approximate surface area is 157 Å². The number of ether oxygens (including phenoxy) is 2. The molecule has 0 atom stereocenters. The standard InChI is InChI=1S/C19H18BrNO3S/c20-14-4-1-3-13-17(14)21-19(22)16(15-5-2-10-25-15)18(13)24-11-12-6-8-23-9-7-12/h1-5,10,12H,6-9,11H2,(H,21,22). The minimum atomic E-state index is -0.121. The van der Waals surface area contributed by atoms with Gasteiger partial charge in [-0.15, -0.1) is 11.3 Å². The summed E-state index contributed by atoms with van der Waals surface area (Å²) in [7, 11) is 0. The Hall–Kier alpha value is -1.63. The predicted octanol–water partition coefficient (Wildman–Crippen LogP) is 4.82. The Balaban J connectivity index is 1.81. The van der Waals surface area contributed by atoms with Crippen molar-refractivity contribution in [3.05, 3.63) is 50.5 Å². The maximum Gasteiger partial charge on any atom is 0.260 e. The number of pyridine rings is 1. The minimum Gasteiger partial charge on any atom is -0.492 e. The average molecular weight is 420 g/mol. The molecule has 0 aliphatic carbocycles. The summed E-state index contributed by atoms with van der Waals surface area (Å²) in [6, 6.07) is 9.79. The highest BCUT2D eigenvalue weighted by molar-refractivity contribution is 9.10. The van der Waals surface area contributed by atoms with E-state index in [0.717, 1.165) is 46.3 Å². The molecule has 1 aromatic carbocycles. The summed E-state index contributed by atoms with van der Waals surface area (Å²) in [4.78, 5) is 16.7. The Bertz CT molecular complexity index is 930. The van der Waals surface area contributed by atoms with Crippen molar-refractivity contribution < 1.29 is 9.47 Å². The molecule has 3 aromatic rings. The number of H-pyrrole nitrogens is 1. The van der Waals surface area contributed by atoms with Crippen LogP contribution in [0.25, 0.3) is 21.3 Å². The monoisotopic (exact) mass is 419 g/mol. The van der Waals surface area contributed by atoms with E-state index in [1.807, 2.05) is 35.7 Å². The van der Waals surface area contributed by atoms with E-state index in [-0.39, 0.29) is 5.56 Å². The number of hydrogen-bond acceptors (Lipinski definition) is 4. The van der Waals surface area contributed by atoms with Gasteiger partial charge in [-0.3, -0.25) is 4.79 Å². The van der Waals surface area contributed by atoms with Crippen LogP contribution in [-0.2, 0) is 4.74 Å². The van der Waals surface area contributed by atoms with E-state index in [2.05, 4.69) is 20.9 Å². The van der Waals surface area contributed by atoms with Gasteiger partial charge < -0.3 is 14.5 Å². The van der Waals surface area contributed by atoms with Gasteiger partial charge in [0.1, 0.15) is 5.75 Å². The summed E-state index contributed by atoms with van der Waals surface area (Å²) in [6.45, 7) is 2.17. The van der Waals surface area contributed by atoms with Crippen LogP contribution in [0.5, 0.6) is 5.75 Å². The molecule has 0 amide bonds. The number of thiophene rings is 1. The molecule has 0 saturated carbocycles. The summed E-state index contributed by atoms with van der Waals surface area (Å²) >= 11 is 5.07. The molecular weight excluding hydrogens is 402 g/mol. The van der Waals surface area contributed by atoms with Crippen molar-refractivity contribution >= 4 is 38.2 Å². The topological polar surface area (TPSA) is 51.3 Å². The molecule has 4 rings (SSSR count). The molecule has 0 unspecified atom stereocenters. The lowest BCUT2D eigenvalue weighted by molar-refractivity contribution is 0.0500. The molecule has 6 heteroatoms. The van der Waals surface area contributed by atoms with Crippen molar-refractivity contribution in [1.29, 1.82) is 0 Å². The minimum absolute atomic E-state index is 0.121. The first kappa shape index (κ1) is 16.8. The Kier molecular flexibility index (Phi) is 4.92. The van der Waals surface area contributed by atoms with Crippen LogP contribution in [0.1, 0.15) is 12.8 Å². The molecule has 0 spiro atoms. The zero-order chi connectivity index (χ0) is 17.2.